The minimum absolute atomic E-state index is 0.141. The molecule has 0 aliphatic rings. The van der Waals surface area contributed by atoms with E-state index < -0.39 is 30.2 Å². The standard InChI is InChI=1S/C22H16F3N5O4/c23-22(24,25)14-4-1-3-13(9-14)21(33)26-15-5-2-6-16(10-15)34-20-8-7-18-27-17(11-30(18)29-20)28-19(32)12-31/h1-11,31H,12H2,(H,26,33)(H,28,32). The van der Waals surface area contributed by atoms with Crippen molar-refractivity contribution in [2.75, 3.05) is 17.2 Å². The maximum atomic E-state index is 12.9. The van der Waals surface area contributed by atoms with Crippen LogP contribution in [-0.2, 0) is 11.0 Å². The molecule has 0 saturated carbocycles. The Balaban J connectivity index is 1.48. The second-order valence-corrected chi connectivity index (χ2v) is 6.97. The smallest absolute Gasteiger partial charge is 0.416 e. The number of anilines is 2. The number of alkyl halides is 3. The number of benzene rings is 2. The van der Waals surface area contributed by atoms with Gasteiger partial charge in [-0.3, -0.25) is 9.59 Å². The molecule has 0 saturated heterocycles. The second kappa shape index (κ2) is 9.19. The molecule has 0 radical (unpaired) electrons. The molecule has 4 rings (SSSR count). The van der Waals surface area contributed by atoms with Crippen LogP contribution in [0.1, 0.15) is 15.9 Å². The molecule has 0 spiro atoms. The van der Waals surface area contributed by atoms with E-state index in [2.05, 4.69) is 20.7 Å². The molecule has 9 nitrogen and oxygen atoms in total. The summed E-state index contributed by atoms with van der Waals surface area (Å²) in [6.07, 6.45) is -3.12. The summed E-state index contributed by atoms with van der Waals surface area (Å²) >= 11 is 0. The SMILES string of the molecule is O=C(CO)Nc1cn2nc(Oc3cccc(NC(=O)c4cccc(C(F)(F)F)c4)c3)ccc2n1. The number of carbonyl (C=O) groups excluding carboxylic acids is 2. The molecule has 0 fully saturated rings. The number of aromatic nitrogens is 3. The molecule has 2 heterocycles. The Morgan fingerprint density at radius 3 is 2.59 bits per heavy atom. The Labute approximate surface area is 189 Å². The van der Waals surface area contributed by atoms with Gasteiger partial charge in [-0.25, -0.2) is 9.50 Å². The average molecular weight is 471 g/mol. The zero-order valence-electron chi connectivity index (χ0n) is 17.2. The molecule has 0 atom stereocenters. The first-order valence-corrected chi connectivity index (χ1v) is 9.75. The van der Waals surface area contributed by atoms with Crippen LogP contribution < -0.4 is 15.4 Å². The van der Waals surface area contributed by atoms with Crippen LogP contribution in [0.15, 0.2) is 66.9 Å². The van der Waals surface area contributed by atoms with E-state index in [1.165, 1.54) is 28.9 Å². The van der Waals surface area contributed by atoms with Gasteiger partial charge in [0.25, 0.3) is 11.8 Å². The fraction of sp³-hybridized carbons (Fsp3) is 0.0909. The number of hydrogen-bond acceptors (Lipinski definition) is 6. The number of nitrogens with zero attached hydrogens (tertiary/aromatic N) is 3. The highest BCUT2D eigenvalue weighted by Gasteiger charge is 2.30. The summed E-state index contributed by atoms with van der Waals surface area (Å²) in [7, 11) is 0. The number of halogens is 3. The Kier molecular flexibility index (Phi) is 6.15. The lowest BCUT2D eigenvalue weighted by molar-refractivity contribution is -0.137. The number of fused-ring (bicyclic) bond motifs is 1. The van der Waals surface area contributed by atoms with Crippen LogP contribution >= 0.6 is 0 Å². The highest BCUT2D eigenvalue weighted by molar-refractivity contribution is 6.04. The normalized spacial score (nSPS) is 11.3. The molecule has 2 aromatic heterocycles. The number of aliphatic hydroxyl groups is 1. The fourth-order valence-electron chi connectivity index (χ4n) is 2.96. The first kappa shape index (κ1) is 22.7. The van der Waals surface area contributed by atoms with Gasteiger partial charge >= 0.3 is 6.18 Å². The van der Waals surface area contributed by atoms with Gasteiger partial charge in [0.15, 0.2) is 11.5 Å². The zero-order chi connectivity index (χ0) is 24.3. The van der Waals surface area contributed by atoms with Crippen molar-refractivity contribution in [3.8, 4) is 11.6 Å². The van der Waals surface area contributed by atoms with E-state index >= 15 is 0 Å². The van der Waals surface area contributed by atoms with Crippen LogP contribution in [0.4, 0.5) is 24.7 Å². The van der Waals surface area contributed by atoms with Crippen molar-refractivity contribution < 1.29 is 32.6 Å². The number of hydrogen-bond donors (Lipinski definition) is 3. The van der Waals surface area contributed by atoms with Crippen molar-refractivity contribution in [3.05, 3.63) is 78.0 Å². The number of ether oxygens (including phenoxy) is 1. The summed E-state index contributed by atoms with van der Waals surface area (Å²) < 4.78 is 45.8. The van der Waals surface area contributed by atoms with Gasteiger partial charge in [0.1, 0.15) is 12.4 Å². The largest absolute Gasteiger partial charge is 0.438 e. The molecule has 2 amide bonds. The number of carbonyl (C=O) groups is 2. The highest BCUT2D eigenvalue weighted by atomic mass is 19.4. The molecule has 3 N–H and O–H groups in total. The van der Waals surface area contributed by atoms with E-state index in [4.69, 9.17) is 9.84 Å². The minimum Gasteiger partial charge on any atom is -0.438 e. The zero-order valence-corrected chi connectivity index (χ0v) is 17.2. The first-order valence-electron chi connectivity index (χ1n) is 9.75. The second-order valence-electron chi connectivity index (χ2n) is 6.97. The van der Waals surface area contributed by atoms with Crippen molar-refractivity contribution in [1.82, 2.24) is 14.6 Å². The van der Waals surface area contributed by atoms with Crippen molar-refractivity contribution in [3.63, 3.8) is 0 Å². The van der Waals surface area contributed by atoms with Gasteiger partial charge < -0.3 is 20.5 Å². The maximum absolute atomic E-state index is 12.9. The van der Waals surface area contributed by atoms with E-state index in [1.807, 2.05) is 0 Å². The maximum Gasteiger partial charge on any atom is 0.416 e. The number of imidazole rings is 1. The van der Waals surface area contributed by atoms with Crippen LogP contribution in [0.25, 0.3) is 5.65 Å². The summed E-state index contributed by atoms with van der Waals surface area (Å²) in [5, 5.41) is 18.0. The summed E-state index contributed by atoms with van der Waals surface area (Å²) in [5.41, 5.74) is -0.338. The Hall–Kier alpha value is -4.45. The monoisotopic (exact) mass is 471 g/mol. The molecule has 0 aliphatic heterocycles. The average Bonchev–Trinajstić information content (AvgIpc) is 3.20. The van der Waals surface area contributed by atoms with Gasteiger partial charge in [0.05, 0.1) is 11.8 Å². The lowest BCUT2D eigenvalue weighted by Crippen LogP contribution is -2.15. The number of rotatable bonds is 6. The third kappa shape index (κ3) is 5.30. The summed E-state index contributed by atoms with van der Waals surface area (Å²) in [6.45, 7) is -0.684. The predicted octanol–water partition coefficient (Wildman–Crippen LogP) is 3.72. The van der Waals surface area contributed by atoms with Gasteiger partial charge in [-0.15, -0.1) is 5.10 Å². The molecule has 0 aliphatic carbocycles. The van der Waals surface area contributed by atoms with E-state index in [1.54, 1.807) is 24.3 Å². The summed E-state index contributed by atoms with van der Waals surface area (Å²) in [5.74, 6) is -0.653. The highest BCUT2D eigenvalue weighted by Crippen LogP contribution is 2.30. The Morgan fingerprint density at radius 2 is 1.82 bits per heavy atom. The van der Waals surface area contributed by atoms with E-state index in [0.29, 0.717) is 17.1 Å². The number of aliphatic hydroxyl groups excluding tert-OH is 1. The molecule has 2 aromatic carbocycles. The molecule has 34 heavy (non-hydrogen) atoms. The molecule has 0 unspecified atom stereocenters. The van der Waals surface area contributed by atoms with Crippen LogP contribution in [-0.4, -0.2) is 38.1 Å². The van der Waals surface area contributed by atoms with E-state index in [9.17, 15) is 22.8 Å². The topological polar surface area (TPSA) is 118 Å². The van der Waals surface area contributed by atoms with E-state index in [0.717, 1.165) is 18.2 Å². The van der Waals surface area contributed by atoms with E-state index in [-0.39, 0.29) is 17.3 Å². The van der Waals surface area contributed by atoms with Crippen molar-refractivity contribution in [2.45, 2.75) is 6.18 Å². The molecule has 0 bridgehead atoms. The van der Waals surface area contributed by atoms with Gasteiger partial charge in [-0.2, -0.15) is 13.2 Å². The number of nitrogens with one attached hydrogen (secondary N) is 2. The summed E-state index contributed by atoms with van der Waals surface area (Å²) in [6, 6.07) is 13.5. The molecular weight excluding hydrogens is 455 g/mol. The van der Waals surface area contributed by atoms with Gasteiger partial charge in [-0.05, 0) is 36.4 Å². The van der Waals surface area contributed by atoms with Crippen LogP contribution in [0.5, 0.6) is 11.6 Å². The predicted molar refractivity (Wildman–Crippen MR) is 115 cm³/mol. The van der Waals surface area contributed by atoms with Crippen molar-refractivity contribution in [2.24, 2.45) is 0 Å². The van der Waals surface area contributed by atoms with Gasteiger partial charge in [0.2, 0.25) is 5.88 Å². The molecule has 4 aromatic rings. The Bertz CT molecular complexity index is 1370. The lowest BCUT2D eigenvalue weighted by Gasteiger charge is -2.10. The quantitative estimate of drug-likeness (QED) is 0.395. The molecular formula is C22H16F3N5O4. The third-order valence-electron chi connectivity index (χ3n) is 4.47. The van der Waals surface area contributed by atoms with Crippen molar-refractivity contribution >= 4 is 29.0 Å². The first-order chi connectivity index (χ1) is 16.2. The fourth-order valence-corrected chi connectivity index (χ4v) is 2.96. The van der Waals surface area contributed by atoms with Crippen LogP contribution in [0.2, 0.25) is 0 Å². The lowest BCUT2D eigenvalue weighted by atomic mass is 10.1. The van der Waals surface area contributed by atoms with Crippen molar-refractivity contribution in [1.29, 1.82) is 0 Å². The number of amides is 2. The van der Waals surface area contributed by atoms with Crippen LogP contribution in [0, 0.1) is 0 Å². The summed E-state index contributed by atoms with van der Waals surface area (Å²) in [4.78, 5) is 27.8. The van der Waals surface area contributed by atoms with Crippen LogP contribution in [0.3, 0.4) is 0 Å². The third-order valence-corrected chi connectivity index (χ3v) is 4.47. The Morgan fingerprint density at radius 1 is 1.03 bits per heavy atom. The van der Waals surface area contributed by atoms with Gasteiger partial charge in [0, 0.05) is 23.4 Å². The molecule has 174 valence electrons. The minimum atomic E-state index is -4.56. The molecule has 12 heteroatoms. The van der Waals surface area contributed by atoms with Gasteiger partial charge in [-0.1, -0.05) is 12.1 Å².